The third-order valence-electron chi connectivity index (χ3n) is 5.24. The maximum atomic E-state index is 11.2. The van der Waals surface area contributed by atoms with Crippen molar-refractivity contribution in [2.24, 2.45) is 16.6 Å². The number of likely N-dealkylation sites (tertiary alicyclic amines) is 1. The normalized spacial score (nSPS) is 24.5. The van der Waals surface area contributed by atoms with Crippen LogP contribution in [0.4, 0.5) is 0 Å². The van der Waals surface area contributed by atoms with E-state index in [1.54, 1.807) is 0 Å². The van der Waals surface area contributed by atoms with Crippen LogP contribution in [0.15, 0.2) is 4.99 Å². The van der Waals surface area contributed by atoms with E-state index in [2.05, 4.69) is 39.0 Å². The summed E-state index contributed by atoms with van der Waals surface area (Å²) in [6, 6.07) is 0.488. The maximum Gasteiger partial charge on any atom is 0.217 e. The van der Waals surface area contributed by atoms with E-state index >= 15 is 0 Å². The second-order valence-corrected chi connectivity index (χ2v) is 7.24. The zero-order valence-electron chi connectivity index (χ0n) is 15.9. The lowest BCUT2D eigenvalue weighted by molar-refractivity contribution is -0.119. The fourth-order valence-corrected chi connectivity index (χ4v) is 3.67. The van der Waals surface area contributed by atoms with E-state index in [9.17, 15) is 4.79 Å². The molecule has 1 amide bonds. The molecule has 2 aliphatic rings. The number of halogens is 1. The molecular weight excluding hydrogens is 431 g/mol. The molecule has 0 bridgehead atoms. The number of hydrogen-bond donors (Lipinski definition) is 2. The molecule has 25 heavy (non-hydrogen) atoms. The molecule has 0 radical (unpaired) electrons. The van der Waals surface area contributed by atoms with Gasteiger partial charge in [0.25, 0.3) is 0 Å². The summed E-state index contributed by atoms with van der Waals surface area (Å²) in [6.45, 7) is 9.57. The number of likely N-dealkylation sites (N-methyl/N-ethyl adjacent to an activating group) is 1. The van der Waals surface area contributed by atoms with E-state index in [0.717, 1.165) is 64.6 Å². The number of piperidine rings is 1. The van der Waals surface area contributed by atoms with Crippen LogP contribution in [0.5, 0.6) is 0 Å². The Kier molecular flexibility index (Phi) is 10.0. The summed E-state index contributed by atoms with van der Waals surface area (Å²) in [5.74, 6) is 1.10. The Morgan fingerprint density at radius 1 is 1.28 bits per heavy atom. The van der Waals surface area contributed by atoms with Gasteiger partial charge in [-0.25, -0.2) is 0 Å². The molecule has 2 saturated heterocycles. The third-order valence-corrected chi connectivity index (χ3v) is 5.24. The van der Waals surface area contributed by atoms with Crippen LogP contribution >= 0.6 is 24.0 Å². The summed E-state index contributed by atoms with van der Waals surface area (Å²) in [4.78, 5) is 22.8. The van der Waals surface area contributed by atoms with Crippen molar-refractivity contribution in [3.05, 3.63) is 0 Å². The Bertz CT molecular complexity index is 439. The van der Waals surface area contributed by atoms with Crippen molar-refractivity contribution in [2.75, 3.05) is 59.9 Å². The molecule has 0 aliphatic carbocycles. The van der Waals surface area contributed by atoms with Crippen LogP contribution in [0.3, 0.4) is 0 Å². The van der Waals surface area contributed by atoms with Gasteiger partial charge in [0.2, 0.25) is 5.91 Å². The first-order chi connectivity index (χ1) is 11.5. The molecule has 0 saturated carbocycles. The summed E-state index contributed by atoms with van der Waals surface area (Å²) in [7, 11) is 4.02. The molecule has 7 nitrogen and oxygen atoms in total. The van der Waals surface area contributed by atoms with Crippen molar-refractivity contribution in [3.63, 3.8) is 0 Å². The molecule has 2 fully saturated rings. The number of nitrogens with two attached hydrogens (primary N) is 1. The highest BCUT2D eigenvalue weighted by Gasteiger charge is 2.24. The Hall–Kier alpha value is -0.610. The van der Waals surface area contributed by atoms with Crippen molar-refractivity contribution in [2.45, 2.75) is 32.2 Å². The molecule has 0 aromatic heterocycles. The molecule has 146 valence electrons. The summed E-state index contributed by atoms with van der Waals surface area (Å²) < 4.78 is 0. The van der Waals surface area contributed by atoms with Gasteiger partial charge >= 0.3 is 0 Å². The number of nitrogens with one attached hydrogen (secondary N) is 1. The highest BCUT2D eigenvalue weighted by atomic mass is 127. The van der Waals surface area contributed by atoms with Crippen LogP contribution in [0.2, 0.25) is 0 Å². The molecular formula is C17H35IN6O. The predicted octanol–water partition coefficient (Wildman–Crippen LogP) is 0.403. The first-order valence-electron chi connectivity index (χ1n) is 9.16. The van der Waals surface area contributed by atoms with E-state index in [0.29, 0.717) is 18.4 Å². The van der Waals surface area contributed by atoms with Crippen molar-refractivity contribution in [1.29, 1.82) is 0 Å². The van der Waals surface area contributed by atoms with Gasteiger partial charge in [0, 0.05) is 65.3 Å². The predicted molar refractivity (Wildman–Crippen MR) is 113 cm³/mol. The number of rotatable bonds is 5. The van der Waals surface area contributed by atoms with Crippen molar-refractivity contribution >= 4 is 35.8 Å². The van der Waals surface area contributed by atoms with Crippen molar-refractivity contribution in [3.8, 4) is 0 Å². The lowest BCUT2D eigenvalue weighted by Gasteiger charge is -2.38. The van der Waals surface area contributed by atoms with Crippen LogP contribution < -0.4 is 11.1 Å². The molecule has 2 atom stereocenters. The molecule has 2 unspecified atom stereocenters. The Labute approximate surface area is 169 Å². The van der Waals surface area contributed by atoms with Crippen LogP contribution in [0.1, 0.15) is 26.2 Å². The largest absolute Gasteiger partial charge is 0.370 e. The minimum absolute atomic E-state index is 0. The number of nitrogens with zero attached hydrogens (tertiary/aromatic N) is 4. The highest BCUT2D eigenvalue weighted by Crippen LogP contribution is 2.19. The number of carbonyl (C=O) groups is 1. The zero-order chi connectivity index (χ0) is 17.5. The lowest BCUT2D eigenvalue weighted by atomic mass is 9.95. The average molecular weight is 466 g/mol. The Morgan fingerprint density at radius 3 is 2.56 bits per heavy atom. The van der Waals surface area contributed by atoms with E-state index < -0.39 is 0 Å². The van der Waals surface area contributed by atoms with E-state index in [1.807, 2.05) is 7.05 Å². The SMILES string of the molecule is CN=C(NCC(C)N1CCN(C)CC1)N1CCCC(CC(N)=O)C1.I. The van der Waals surface area contributed by atoms with Crippen molar-refractivity contribution in [1.82, 2.24) is 20.0 Å². The minimum Gasteiger partial charge on any atom is -0.370 e. The molecule has 2 rings (SSSR count). The number of guanidine groups is 1. The number of aliphatic imine (C=N–C) groups is 1. The van der Waals surface area contributed by atoms with Gasteiger partial charge in [-0.3, -0.25) is 14.7 Å². The molecule has 0 spiro atoms. The summed E-state index contributed by atoms with van der Waals surface area (Å²) in [5.41, 5.74) is 5.36. The summed E-state index contributed by atoms with van der Waals surface area (Å²) in [5, 5.41) is 3.53. The quantitative estimate of drug-likeness (QED) is 0.349. The van der Waals surface area contributed by atoms with E-state index in [1.165, 1.54) is 0 Å². The average Bonchev–Trinajstić information content (AvgIpc) is 2.55. The molecule has 8 heteroatoms. The lowest BCUT2D eigenvalue weighted by Crippen LogP contribution is -2.53. The van der Waals surface area contributed by atoms with Crippen LogP contribution in [-0.2, 0) is 4.79 Å². The van der Waals surface area contributed by atoms with Gasteiger partial charge in [0.15, 0.2) is 5.96 Å². The van der Waals surface area contributed by atoms with E-state index in [4.69, 9.17) is 5.73 Å². The van der Waals surface area contributed by atoms with E-state index in [-0.39, 0.29) is 29.9 Å². The second kappa shape index (κ2) is 11.2. The standard InChI is InChI=1S/C17H34N6O.HI/c1-14(22-9-7-21(3)8-10-22)12-20-17(19-2)23-6-4-5-15(13-23)11-16(18)24;/h14-15H,4-13H2,1-3H3,(H2,18,24)(H,19,20);1H. The summed E-state index contributed by atoms with van der Waals surface area (Å²) >= 11 is 0. The number of primary amides is 1. The number of amides is 1. The van der Waals surface area contributed by atoms with Gasteiger partial charge in [0.05, 0.1) is 0 Å². The fraction of sp³-hybridized carbons (Fsp3) is 0.882. The Morgan fingerprint density at radius 2 is 1.96 bits per heavy atom. The molecule has 3 N–H and O–H groups in total. The smallest absolute Gasteiger partial charge is 0.217 e. The first-order valence-corrected chi connectivity index (χ1v) is 9.16. The van der Waals surface area contributed by atoms with Crippen LogP contribution in [-0.4, -0.2) is 92.5 Å². The monoisotopic (exact) mass is 466 g/mol. The van der Waals surface area contributed by atoms with Gasteiger partial charge in [-0.1, -0.05) is 0 Å². The highest BCUT2D eigenvalue weighted by molar-refractivity contribution is 14.0. The van der Waals surface area contributed by atoms with Crippen LogP contribution in [0.25, 0.3) is 0 Å². The zero-order valence-corrected chi connectivity index (χ0v) is 18.2. The Balaban J connectivity index is 0.00000312. The maximum absolute atomic E-state index is 11.2. The summed E-state index contributed by atoms with van der Waals surface area (Å²) in [6.07, 6.45) is 2.64. The second-order valence-electron chi connectivity index (χ2n) is 7.24. The number of hydrogen-bond acceptors (Lipinski definition) is 4. The first kappa shape index (κ1) is 22.4. The molecule has 2 heterocycles. The molecule has 0 aromatic rings. The van der Waals surface area contributed by atoms with Crippen molar-refractivity contribution < 1.29 is 4.79 Å². The molecule has 0 aromatic carbocycles. The van der Waals surface area contributed by atoms with Gasteiger partial charge in [0.1, 0.15) is 0 Å². The minimum atomic E-state index is -0.200. The topological polar surface area (TPSA) is 77.2 Å². The third kappa shape index (κ3) is 7.26. The van der Waals surface area contributed by atoms with Gasteiger partial charge < -0.3 is 20.9 Å². The van der Waals surface area contributed by atoms with Gasteiger partial charge in [-0.05, 0) is 32.7 Å². The fourth-order valence-electron chi connectivity index (χ4n) is 3.67. The van der Waals surface area contributed by atoms with Gasteiger partial charge in [-0.15, -0.1) is 24.0 Å². The number of carbonyl (C=O) groups excluding carboxylic acids is 1. The number of piperazine rings is 1. The van der Waals surface area contributed by atoms with Gasteiger partial charge in [-0.2, -0.15) is 0 Å². The van der Waals surface area contributed by atoms with Crippen LogP contribution in [0, 0.1) is 5.92 Å². The molecule has 2 aliphatic heterocycles.